The number of rotatable bonds is 4. The summed E-state index contributed by atoms with van der Waals surface area (Å²) in [6, 6.07) is 22.1. The van der Waals surface area contributed by atoms with Crippen LogP contribution in [0.2, 0.25) is 5.02 Å². The normalized spacial score (nSPS) is 11.7. The zero-order valence-electron chi connectivity index (χ0n) is 13.5. The molecular weight excluding hydrogens is 350 g/mol. The third kappa shape index (κ3) is 3.58. The van der Waals surface area contributed by atoms with Gasteiger partial charge in [-0.2, -0.15) is 0 Å². The lowest BCUT2D eigenvalue weighted by molar-refractivity contribution is -0.113. The zero-order valence-corrected chi connectivity index (χ0v) is 15.0. The van der Waals surface area contributed by atoms with Crippen molar-refractivity contribution >= 4 is 35.0 Å². The van der Waals surface area contributed by atoms with Crippen LogP contribution in [0.3, 0.4) is 0 Å². The Kier molecular flexibility index (Phi) is 4.51. The molecule has 0 saturated heterocycles. The van der Waals surface area contributed by atoms with Crippen molar-refractivity contribution in [2.24, 2.45) is 0 Å². The Labute approximate surface area is 156 Å². The zero-order chi connectivity index (χ0) is 17.2. The van der Waals surface area contributed by atoms with Crippen molar-refractivity contribution in [1.29, 1.82) is 0 Å². The number of carbonyl (C=O) groups excluding carboxylic acids is 1. The van der Waals surface area contributed by atoms with E-state index in [1.54, 1.807) is 0 Å². The quantitative estimate of drug-likeness (QED) is 0.474. The third-order valence-corrected chi connectivity index (χ3v) is 5.53. The molecule has 0 atom stereocenters. The minimum atomic E-state index is -0.00816. The maximum absolute atomic E-state index is 12.2. The molecule has 0 unspecified atom stereocenters. The number of nitrogens with one attached hydrogen (secondary N) is 1. The number of thioether (sulfide) groups is 1. The summed E-state index contributed by atoms with van der Waals surface area (Å²) in [7, 11) is 0. The van der Waals surface area contributed by atoms with Gasteiger partial charge in [-0.05, 0) is 65.1 Å². The first kappa shape index (κ1) is 16.2. The van der Waals surface area contributed by atoms with Crippen molar-refractivity contribution in [2.75, 3.05) is 11.1 Å². The van der Waals surface area contributed by atoms with Gasteiger partial charge in [0, 0.05) is 15.6 Å². The predicted molar refractivity (Wildman–Crippen MR) is 105 cm³/mol. The SMILES string of the molecule is O=C(CSc1ccc(Cl)cc1)Nc1ccc2c(c1)-c1ccccc1C2. The molecule has 4 heteroatoms. The first-order valence-electron chi connectivity index (χ1n) is 8.08. The highest BCUT2D eigenvalue weighted by Gasteiger charge is 2.18. The van der Waals surface area contributed by atoms with Crippen molar-refractivity contribution in [1.82, 2.24) is 0 Å². The van der Waals surface area contributed by atoms with Gasteiger partial charge in [0.2, 0.25) is 5.91 Å². The lowest BCUT2D eigenvalue weighted by Gasteiger charge is -2.08. The van der Waals surface area contributed by atoms with E-state index in [1.807, 2.05) is 30.3 Å². The van der Waals surface area contributed by atoms with E-state index in [0.29, 0.717) is 10.8 Å². The van der Waals surface area contributed by atoms with E-state index in [9.17, 15) is 4.79 Å². The van der Waals surface area contributed by atoms with Gasteiger partial charge in [0.15, 0.2) is 0 Å². The first-order chi connectivity index (χ1) is 12.2. The average Bonchev–Trinajstić information content (AvgIpc) is 2.99. The van der Waals surface area contributed by atoms with E-state index in [4.69, 9.17) is 11.6 Å². The van der Waals surface area contributed by atoms with Gasteiger partial charge in [-0.25, -0.2) is 0 Å². The van der Waals surface area contributed by atoms with Crippen LogP contribution in [0.15, 0.2) is 71.6 Å². The first-order valence-corrected chi connectivity index (χ1v) is 9.45. The number of halogens is 1. The molecule has 0 spiro atoms. The highest BCUT2D eigenvalue weighted by atomic mass is 35.5. The van der Waals surface area contributed by atoms with E-state index in [1.165, 1.54) is 34.0 Å². The van der Waals surface area contributed by atoms with E-state index in [-0.39, 0.29) is 5.91 Å². The van der Waals surface area contributed by atoms with Crippen LogP contribution < -0.4 is 5.32 Å². The Bertz CT molecular complexity index is 937. The molecule has 3 aromatic carbocycles. The van der Waals surface area contributed by atoms with Crippen LogP contribution in [0.25, 0.3) is 11.1 Å². The number of amides is 1. The highest BCUT2D eigenvalue weighted by Crippen LogP contribution is 2.37. The Morgan fingerprint density at radius 1 is 0.960 bits per heavy atom. The van der Waals surface area contributed by atoms with E-state index in [0.717, 1.165) is 17.0 Å². The van der Waals surface area contributed by atoms with Gasteiger partial charge < -0.3 is 5.32 Å². The average molecular weight is 366 g/mol. The Hall–Kier alpha value is -2.23. The van der Waals surface area contributed by atoms with Crippen molar-refractivity contribution in [3.05, 3.63) is 82.9 Å². The van der Waals surface area contributed by atoms with Crippen LogP contribution in [0.5, 0.6) is 0 Å². The maximum atomic E-state index is 12.2. The predicted octanol–water partition coefficient (Wildman–Crippen LogP) is 5.64. The number of benzene rings is 3. The van der Waals surface area contributed by atoms with Crippen molar-refractivity contribution < 1.29 is 4.79 Å². The molecule has 1 N–H and O–H groups in total. The third-order valence-electron chi connectivity index (χ3n) is 4.27. The number of fused-ring (bicyclic) bond motifs is 3. The summed E-state index contributed by atoms with van der Waals surface area (Å²) in [6.07, 6.45) is 0.964. The van der Waals surface area contributed by atoms with Gasteiger partial charge in [0.25, 0.3) is 0 Å². The molecule has 1 aliphatic rings. The van der Waals surface area contributed by atoms with Crippen molar-refractivity contribution in [3.8, 4) is 11.1 Å². The minimum absolute atomic E-state index is 0.00816. The second-order valence-electron chi connectivity index (χ2n) is 6.00. The minimum Gasteiger partial charge on any atom is -0.325 e. The molecule has 2 nitrogen and oxygen atoms in total. The monoisotopic (exact) mass is 365 g/mol. The Morgan fingerprint density at radius 3 is 2.56 bits per heavy atom. The van der Waals surface area contributed by atoms with Gasteiger partial charge in [0.05, 0.1) is 5.75 Å². The van der Waals surface area contributed by atoms with E-state index < -0.39 is 0 Å². The fourth-order valence-electron chi connectivity index (χ4n) is 3.08. The summed E-state index contributed by atoms with van der Waals surface area (Å²) in [4.78, 5) is 13.3. The molecule has 0 bridgehead atoms. The van der Waals surface area contributed by atoms with Gasteiger partial charge in [-0.3, -0.25) is 4.79 Å². The van der Waals surface area contributed by atoms with E-state index >= 15 is 0 Å². The molecule has 0 saturated carbocycles. The van der Waals surface area contributed by atoms with Gasteiger partial charge in [-0.1, -0.05) is 41.9 Å². The van der Waals surface area contributed by atoms with Crippen molar-refractivity contribution in [3.63, 3.8) is 0 Å². The molecular formula is C21H16ClNOS. The summed E-state index contributed by atoms with van der Waals surface area (Å²) < 4.78 is 0. The summed E-state index contributed by atoms with van der Waals surface area (Å²) in [6.45, 7) is 0. The number of hydrogen-bond acceptors (Lipinski definition) is 2. The molecule has 0 radical (unpaired) electrons. The molecule has 0 aliphatic heterocycles. The lowest BCUT2D eigenvalue weighted by Crippen LogP contribution is -2.14. The van der Waals surface area contributed by atoms with Crippen LogP contribution in [0.1, 0.15) is 11.1 Å². The van der Waals surface area contributed by atoms with Crippen LogP contribution in [0.4, 0.5) is 5.69 Å². The second kappa shape index (κ2) is 6.95. The number of hydrogen-bond donors (Lipinski definition) is 1. The Balaban J connectivity index is 1.43. The van der Waals surface area contributed by atoms with Gasteiger partial charge >= 0.3 is 0 Å². The van der Waals surface area contributed by atoms with Gasteiger partial charge in [-0.15, -0.1) is 11.8 Å². The topological polar surface area (TPSA) is 29.1 Å². The summed E-state index contributed by atoms with van der Waals surface area (Å²) in [5.74, 6) is 0.362. The molecule has 0 fully saturated rings. The molecule has 1 amide bonds. The molecule has 25 heavy (non-hydrogen) atoms. The second-order valence-corrected chi connectivity index (χ2v) is 7.48. The Morgan fingerprint density at radius 2 is 1.72 bits per heavy atom. The largest absolute Gasteiger partial charge is 0.325 e. The molecule has 0 aromatic heterocycles. The van der Waals surface area contributed by atoms with Crippen LogP contribution in [-0.4, -0.2) is 11.7 Å². The molecule has 4 rings (SSSR count). The van der Waals surface area contributed by atoms with Gasteiger partial charge in [0.1, 0.15) is 0 Å². The van der Waals surface area contributed by atoms with Crippen molar-refractivity contribution in [2.45, 2.75) is 11.3 Å². The summed E-state index contributed by atoms with van der Waals surface area (Å²) in [5.41, 5.74) is 5.99. The number of anilines is 1. The van der Waals surface area contributed by atoms with Crippen LogP contribution in [-0.2, 0) is 11.2 Å². The molecule has 124 valence electrons. The molecule has 1 aliphatic carbocycles. The number of carbonyl (C=O) groups is 1. The highest BCUT2D eigenvalue weighted by molar-refractivity contribution is 8.00. The van der Waals surface area contributed by atoms with Crippen LogP contribution >= 0.6 is 23.4 Å². The fourth-order valence-corrected chi connectivity index (χ4v) is 3.90. The lowest BCUT2D eigenvalue weighted by atomic mass is 10.1. The maximum Gasteiger partial charge on any atom is 0.234 e. The smallest absolute Gasteiger partial charge is 0.234 e. The summed E-state index contributed by atoms with van der Waals surface area (Å²) >= 11 is 7.38. The van der Waals surface area contributed by atoms with Crippen LogP contribution in [0, 0.1) is 0 Å². The van der Waals surface area contributed by atoms with E-state index in [2.05, 4.69) is 41.7 Å². The fraction of sp³-hybridized carbons (Fsp3) is 0.0952. The summed E-state index contributed by atoms with van der Waals surface area (Å²) in [5, 5.41) is 3.70. The molecule has 0 heterocycles. The standard InChI is InChI=1S/C21H16ClNOS/c22-16-6-9-18(10-7-16)25-13-21(24)23-17-8-5-15-11-14-3-1-2-4-19(14)20(15)12-17/h1-10,12H,11,13H2,(H,23,24). The molecule has 3 aromatic rings.